The largest absolute Gasteiger partial charge is 0.391 e. The van der Waals surface area contributed by atoms with Gasteiger partial charge in [-0.1, -0.05) is 13.3 Å². The van der Waals surface area contributed by atoms with E-state index in [2.05, 4.69) is 10.3 Å². The first-order chi connectivity index (χ1) is 9.04. The number of aliphatic hydroxyl groups is 1. The van der Waals surface area contributed by atoms with Crippen molar-refractivity contribution < 1.29 is 18.7 Å². The summed E-state index contributed by atoms with van der Waals surface area (Å²) in [6.07, 6.45) is 2.10. The first-order valence-electron chi connectivity index (χ1n) is 5.90. The van der Waals surface area contributed by atoms with Gasteiger partial charge >= 0.3 is 0 Å². The van der Waals surface area contributed by atoms with E-state index in [-0.39, 0.29) is 28.9 Å². The molecule has 0 spiro atoms. The fourth-order valence-electron chi connectivity index (χ4n) is 1.48. The molecule has 0 saturated carbocycles. The van der Waals surface area contributed by atoms with Crippen LogP contribution in [0.4, 0.5) is 8.78 Å². The summed E-state index contributed by atoms with van der Waals surface area (Å²) in [7, 11) is 0. The maximum Gasteiger partial charge on any atom is 0.290 e. The molecule has 0 aliphatic heterocycles. The number of halogens is 2. The molecular weight excluding hydrogens is 274 g/mol. The third-order valence-corrected chi connectivity index (χ3v) is 3.06. The Labute approximate surface area is 114 Å². The number of carbonyl (C=O) groups is 1. The summed E-state index contributed by atoms with van der Waals surface area (Å²) in [5.74, 6) is -3.14. The summed E-state index contributed by atoms with van der Waals surface area (Å²) >= 11 is 0.230. The zero-order valence-corrected chi connectivity index (χ0v) is 11.3. The molecule has 1 unspecified atom stereocenters. The van der Waals surface area contributed by atoms with Gasteiger partial charge in [-0.3, -0.25) is 4.79 Å². The lowest BCUT2D eigenvalue weighted by molar-refractivity contribution is 0.0906. The molecule has 1 aromatic heterocycles. The van der Waals surface area contributed by atoms with E-state index in [1.807, 2.05) is 6.92 Å². The molecule has 0 aliphatic rings. The number of hydrogen-bond acceptors (Lipinski definition) is 4. The third kappa shape index (κ3) is 5.52. The topological polar surface area (TPSA) is 62.2 Å². The van der Waals surface area contributed by atoms with E-state index < -0.39 is 17.8 Å². The number of aliphatic hydroxyl groups excluding tert-OH is 1. The van der Waals surface area contributed by atoms with Crippen LogP contribution in [0.15, 0.2) is 23.4 Å². The molecule has 0 aliphatic carbocycles. The van der Waals surface area contributed by atoms with Crippen LogP contribution in [-0.4, -0.2) is 34.4 Å². The van der Waals surface area contributed by atoms with Gasteiger partial charge in [0.15, 0.2) is 0 Å². The van der Waals surface area contributed by atoms with Gasteiger partial charge in [0.05, 0.1) is 11.7 Å². The maximum absolute atomic E-state index is 12.3. The van der Waals surface area contributed by atoms with Crippen molar-refractivity contribution in [2.75, 3.05) is 6.54 Å². The molecule has 0 bridgehead atoms. The van der Waals surface area contributed by atoms with Crippen molar-refractivity contribution in [3.05, 3.63) is 23.9 Å². The molecule has 0 aromatic carbocycles. The number of thioether (sulfide) groups is 1. The molecule has 4 nitrogen and oxygen atoms in total. The molecule has 2 N–H and O–H groups in total. The van der Waals surface area contributed by atoms with E-state index in [1.54, 1.807) is 0 Å². The number of amides is 1. The number of rotatable bonds is 7. The summed E-state index contributed by atoms with van der Waals surface area (Å²) in [5, 5.41) is 12.0. The van der Waals surface area contributed by atoms with Gasteiger partial charge < -0.3 is 10.4 Å². The summed E-state index contributed by atoms with van der Waals surface area (Å²) in [6, 6.07) is 2.94. The molecule has 1 atom stereocenters. The lowest BCUT2D eigenvalue weighted by Crippen LogP contribution is -2.32. The van der Waals surface area contributed by atoms with E-state index in [0.29, 0.717) is 6.42 Å². The van der Waals surface area contributed by atoms with Crippen molar-refractivity contribution >= 4 is 17.7 Å². The standard InChI is InChI=1S/C12H16F2N2O2S/c1-2-4-8(17)7-16-10(18)9-5-3-6-15-11(9)19-12(13)14/h3,5-6,8,12,17H,2,4,7H2,1H3,(H,16,18). The van der Waals surface area contributed by atoms with Gasteiger partial charge in [-0.15, -0.1) is 0 Å². The van der Waals surface area contributed by atoms with Crippen LogP contribution in [0.5, 0.6) is 0 Å². The molecule has 19 heavy (non-hydrogen) atoms. The fourth-order valence-corrected chi connectivity index (χ4v) is 2.06. The highest BCUT2D eigenvalue weighted by atomic mass is 32.2. The van der Waals surface area contributed by atoms with E-state index >= 15 is 0 Å². The number of pyridine rings is 1. The normalized spacial score (nSPS) is 12.5. The second-order valence-electron chi connectivity index (χ2n) is 3.89. The van der Waals surface area contributed by atoms with E-state index in [1.165, 1.54) is 18.3 Å². The second-order valence-corrected chi connectivity index (χ2v) is 4.87. The Hall–Kier alpha value is -1.21. The summed E-state index contributed by atoms with van der Waals surface area (Å²) in [4.78, 5) is 15.6. The molecular formula is C12H16F2N2O2S. The predicted molar refractivity (Wildman–Crippen MR) is 69.3 cm³/mol. The number of hydrogen-bond donors (Lipinski definition) is 2. The predicted octanol–water partition coefficient (Wildman–Crippen LogP) is 2.29. The van der Waals surface area contributed by atoms with Crippen LogP contribution in [0.1, 0.15) is 30.1 Å². The van der Waals surface area contributed by atoms with Gasteiger partial charge in [-0.05, 0) is 30.3 Å². The Morgan fingerprint density at radius 1 is 1.58 bits per heavy atom. The van der Waals surface area contributed by atoms with E-state index in [9.17, 15) is 18.7 Å². The minimum Gasteiger partial charge on any atom is -0.391 e. The number of nitrogens with one attached hydrogen (secondary N) is 1. The average Bonchev–Trinajstić information content (AvgIpc) is 2.36. The lowest BCUT2D eigenvalue weighted by atomic mass is 10.2. The number of alkyl halides is 2. The van der Waals surface area contributed by atoms with Crippen molar-refractivity contribution in [2.45, 2.75) is 36.7 Å². The van der Waals surface area contributed by atoms with Crippen LogP contribution >= 0.6 is 11.8 Å². The molecule has 0 radical (unpaired) electrons. The Balaban J connectivity index is 2.66. The van der Waals surface area contributed by atoms with Crippen molar-refractivity contribution in [1.29, 1.82) is 0 Å². The third-order valence-electron chi connectivity index (χ3n) is 2.34. The van der Waals surface area contributed by atoms with E-state index in [4.69, 9.17) is 0 Å². The first kappa shape index (κ1) is 15.8. The highest BCUT2D eigenvalue weighted by Gasteiger charge is 2.17. The molecule has 1 amide bonds. The molecule has 1 heterocycles. The van der Waals surface area contributed by atoms with Crippen LogP contribution < -0.4 is 5.32 Å². The van der Waals surface area contributed by atoms with Crippen molar-refractivity contribution in [3.8, 4) is 0 Å². The zero-order valence-electron chi connectivity index (χ0n) is 10.5. The highest BCUT2D eigenvalue weighted by molar-refractivity contribution is 7.99. The Bertz CT molecular complexity index is 418. The number of carbonyl (C=O) groups excluding carboxylic acids is 1. The summed E-state index contributed by atoms with van der Waals surface area (Å²) in [6.45, 7) is 2.02. The quantitative estimate of drug-likeness (QED) is 0.756. The lowest BCUT2D eigenvalue weighted by Gasteiger charge is -2.12. The summed E-state index contributed by atoms with van der Waals surface area (Å²) < 4.78 is 24.7. The Morgan fingerprint density at radius 3 is 2.95 bits per heavy atom. The smallest absolute Gasteiger partial charge is 0.290 e. The van der Waals surface area contributed by atoms with E-state index in [0.717, 1.165) is 6.42 Å². The van der Waals surface area contributed by atoms with Crippen LogP contribution in [0.2, 0.25) is 0 Å². The minimum absolute atomic E-state index is 0.0139. The van der Waals surface area contributed by atoms with Gasteiger partial charge in [0, 0.05) is 12.7 Å². The molecule has 0 saturated heterocycles. The second kappa shape index (κ2) is 8.06. The first-order valence-corrected chi connectivity index (χ1v) is 6.78. The number of nitrogens with zero attached hydrogens (tertiary/aromatic N) is 1. The van der Waals surface area contributed by atoms with Gasteiger partial charge in [-0.2, -0.15) is 8.78 Å². The van der Waals surface area contributed by atoms with Crippen molar-refractivity contribution in [1.82, 2.24) is 10.3 Å². The van der Waals surface area contributed by atoms with Gasteiger partial charge in [0.2, 0.25) is 0 Å². The summed E-state index contributed by atoms with van der Waals surface area (Å²) in [5.41, 5.74) is 0.0940. The monoisotopic (exact) mass is 290 g/mol. The van der Waals surface area contributed by atoms with Crippen molar-refractivity contribution in [3.63, 3.8) is 0 Å². The molecule has 0 fully saturated rings. The van der Waals surface area contributed by atoms with Crippen LogP contribution in [-0.2, 0) is 0 Å². The van der Waals surface area contributed by atoms with Crippen LogP contribution in [0.3, 0.4) is 0 Å². The Morgan fingerprint density at radius 2 is 2.32 bits per heavy atom. The van der Waals surface area contributed by atoms with Gasteiger partial charge in [-0.25, -0.2) is 4.98 Å². The number of aromatic nitrogens is 1. The fraction of sp³-hybridized carbons (Fsp3) is 0.500. The molecule has 1 aromatic rings. The average molecular weight is 290 g/mol. The zero-order chi connectivity index (χ0) is 14.3. The molecule has 7 heteroatoms. The van der Waals surface area contributed by atoms with Crippen molar-refractivity contribution in [2.24, 2.45) is 0 Å². The molecule has 106 valence electrons. The Kier molecular flexibility index (Phi) is 6.72. The SMILES string of the molecule is CCCC(O)CNC(=O)c1cccnc1SC(F)F. The van der Waals surface area contributed by atoms with Gasteiger partial charge in [0.25, 0.3) is 11.7 Å². The van der Waals surface area contributed by atoms with Crippen LogP contribution in [0.25, 0.3) is 0 Å². The van der Waals surface area contributed by atoms with Crippen LogP contribution in [0, 0.1) is 0 Å². The highest BCUT2D eigenvalue weighted by Crippen LogP contribution is 2.26. The maximum atomic E-state index is 12.3. The minimum atomic E-state index is -2.63. The van der Waals surface area contributed by atoms with Gasteiger partial charge in [0.1, 0.15) is 5.03 Å². The molecule has 1 rings (SSSR count).